The van der Waals surface area contributed by atoms with Gasteiger partial charge in [-0.05, 0) is 49.5 Å². The van der Waals surface area contributed by atoms with Gasteiger partial charge in [-0.1, -0.05) is 19.9 Å². The lowest BCUT2D eigenvalue weighted by Crippen LogP contribution is -2.26. The fraction of sp³-hybridized carbons (Fsp3) is 0.400. The van der Waals surface area contributed by atoms with Crippen LogP contribution in [0.4, 0.5) is 5.69 Å². The molecule has 0 fully saturated rings. The molecule has 2 N–H and O–H groups in total. The van der Waals surface area contributed by atoms with Gasteiger partial charge in [0.25, 0.3) is 5.56 Å². The van der Waals surface area contributed by atoms with Gasteiger partial charge in [0.05, 0.1) is 17.8 Å². The summed E-state index contributed by atoms with van der Waals surface area (Å²) in [4.78, 5) is 50.6. The summed E-state index contributed by atoms with van der Waals surface area (Å²) in [7, 11) is 3.37. The number of aromatic nitrogens is 4. The largest absolute Gasteiger partial charge is 0.345 e. The molecule has 0 unspecified atom stereocenters. The van der Waals surface area contributed by atoms with Gasteiger partial charge in [0, 0.05) is 32.9 Å². The standard InChI is InChI=1S/C25H32N6O3/c1-17(2)15-20-24-18(12-13-26-20)27-21(29-24)16-31-14-8-9-19(25(31)34)28-22(32)10-6-5-7-11-23(33)30(3)4/h7-9,11-14,17H,5-6,10,15-16H2,1-4H3,(H,27,29)(H,28,32)/b11-7+. The minimum Gasteiger partial charge on any atom is -0.345 e. The maximum absolute atomic E-state index is 12.9. The SMILES string of the molecule is CC(C)Cc1nccc2[nH]c(Cn3cccc(NC(=O)CCC/C=C/C(=O)N(C)C)c3=O)nc12. The summed E-state index contributed by atoms with van der Waals surface area (Å²) in [6, 6.07) is 5.19. The molecule has 0 radical (unpaired) electrons. The van der Waals surface area contributed by atoms with E-state index in [1.54, 1.807) is 44.7 Å². The van der Waals surface area contributed by atoms with Crippen molar-refractivity contribution in [3.63, 3.8) is 0 Å². The van der Waals surface area contributed by atoms with Gasteiger partial charge in [0.1, 0.15) is 17.0 Å². The maximum Gasteiger partial charge on any atom is 0.274 e. The van der Waals surface area contributed by atoms with E-state index < -0.39 is 0 Å². The Kier molecular flexibility index (Phi) is 8.34. The first-order valence-electron chi connectivity index (χ1n) is 11.4. The Bertz CT molecular complexity index is 1240. The van der Waals surface area contributed by atoms with Crippen LogP contribution < -0.4 is 10.9 Å². The minimum atomic E-state index is -0.298. The molecule has 0 aliphatic heterocycles. The van der Waals surface area contributed by atoms with E-state index in [1.165, 1.54) is 15.5 Å². The zero-order chi connectivity index (χ0) is 24.7. The highest BCUT2D eigenvalue weighted by molar-refractivity contribution is 5.90. The van der Waals surface area contributed by atoms with Gasteiger partial charge in [-0.25, -0.2) is 4.98 Å². The van der Waals surface area contributed by atoms with Crippen molar-refractivity contribution in [2.24, 2.45) is 5.92 Å². The zero-order valence-electron chi connectivity index (χ0n) is 20.2. The van der Waals surface area contributed by atoms with E-state index in [2.05, 4.69) is 34.1 Å². The van der Waals surface area contributed by atoms with Gasteiger partial charge in [-0.3, -0.25) is 19.4 Å². The quantitative estimate of drug-likeness (QED) is 0.354. The Balaban J connectivity index is 1.63. The minimum absolute atomic E-state index is 0.0915. The molecule has 3 rings (SSSR count). The van der Waals surface area contributed by atoms with Crippen LogP contribution in [0.2, 0.25) is 0 Å². The number of pyridine rings is 2. The molecule has 3 aromatic rings. The lowest BCUT2D eigenvalue weighted by atomic mass is 10.1. The summed E-state index contributed by atoms with van der Waals surface area (Å²) in [6.45, 7) is 4.52. The van der Waals surface area contributed by atoms with Crippen LogP contribution in [0.25, 0.3) is 11.0 Å². The van der Waals surface area contributed by atoms with Crippen LogP contribution in [0.5, 0.6) is 0 Å². The van der Waals surface area contributed by atoms with Crippen LogP contribution >= 0.6 is 0 Å². The van der Waals surface area contributed by atoms with Crippen LogP contribution in [0.15, 0.2) is 47.5 Å². The van der Waals surface area contributed by atoms with Gasteiger partial charge in [-0.2, -0.15) is 0 Å². The third kappa shape index (κ3) is 6.63. The maximum atomic E-state index is 12.9. The van der Waals surface area contributed by atoms with Crippen molar-refractivity contribution in [3.05, 3.63) is 64.6 Å². The number of hydrogen-bond donors (Lipinski definition) is 2. The Labute approximate surface area is 198 Å². The van der Waals surface area contributed by atoms with Crippen molar-refractivity contribution in [3.8, 4) is 0 Å². The van der Waals surface area contributed by atoms with Gasteiger partial charge in [-0.15, -0.1) is 0 Å². The Morgan fingerprint density at radius 1 is 1.26 bits per heavy atom. The first-order chi connectivity index (χ1) is 16.2. The molecule has 9 nitrogen and oxygen atoms in total. The summed E-state index contributed by atoms with van der Waals surface area (Å²) >= 11 is 0. The average Bonchev–Trinajstić information content (AvgIpc) is 3.19. The van der Waals surface area contributed by atoms with Gasteiger partial charge in [0.15, 0.2) is 0 Å². The number of fused-ring (bicyclic) bond motifs is 1. The van der Waals surface area contributed by atoms with E-state index in [-0.39, 0.29) is 36.0 Å². The molecule has 0 aromatic carbocycles. The number of anilines is 1. The number of H-pyrrole nitrogens is 1. The first-order valence-corrected chi connectivity index (χ1v) is 11.4. The monoisotopic (exact) mass is 464 g/mol. The average molecular weight is 465 g/mol. The zero-order valence-corrected chi connectivity index (χ0v) is 20.2. The molecular weight excluding hydrogens is 432 g/mol. The second kappa shape index (κ2) is 11.4. The van der Waals surface area contributed by atoms with E-state index in [0.717, 1.165) is 23.1 Å². The van der Waals surface area contributed by atoms with Crippen LogP contribution in [0.1, 0.15) is 44.6 Å². The molecule has 0 atom stereocenters. The molecule has 3 aromatic heterocycles. The molecule has 0 saturated heterocycles. The number of hydrogen-bond acceptors (Lipinski definition) is 5. The van der Waals surface area contributed by atoms with Crippen molar-refractivity contribution >= 4 is 28.5 Å². The van der Waals surface area contributed by atoms with E-state index in [1.807, 2.05) is 6.07 Å². The highest BCUT2D eigenvalue weighted by atomic mass is 16.2. The number of nitrogens with one attached hydrogen (secondary N) is 2. The number of nitrogens with zero attached hydrogens (tertiary/aromatic N) is 4. The summed E-state index contributed by atoms with van der Waals surface area (Å²) < 4.78 is 1.51. The fourth-order valence-corrected chi connectivity index (χ4v) is 3.50. The van der Waals surface area contributed by atoms with E-state index in [4.69, 9.17) is 0 Å². The lowest BCUT2D eigenvalue weighted by Gasteiger charge is -2.08. The number of aromatic amines is 1. The van der Waals surface area contributed by atoms with E-state index in [9.17, 15) is 14.4 Å². The van der Waals surface area contributed by atoms with Crippen molar-refractivity contribution in [2.45, 2.75) is 46.1 Å². The molecule has 34 heavy (non-hydrogen) atoms. The molecule has 0 spiro atoms. The Hall–Kier alpha value is -3.75. The highest BCUT2D eigenvalue weighted by Crippen LogP contribution is 2.17. The number of carbonyl (C=O) groups excluding carboxylic acids is 2. The molecule has 2 amide bonds. The van der Waals surface area contributed by atoms with Crippen LogP contribution in [0.3, 0.4) is 0 Å². The van der Waals surface area contributed by atoms with Crippen molar-refractivity contribution in [1.29, 1.82) is 0 Å². The Morgan fingerprint density at radius 2 is 2.06 bits per heavy atom. The third-order valence-corrected chi connectivity index (χ3v) is 5.22. The molecule has 3 heterocycles. The molecule has 0 aliphatic rings. The predicted octanol–water partition coefficient (Wildman–Crippen LogP) is 3.12. The van der Waals surface area contributed by atoms with Gasteiger partial charge >= 0.3 is 0 Å². The number of carbonyl (C=O) groups is 2. The summed E-state index contributed by atoms with van der Waals surface area (Å²) in [5, 5.41) is 2.70. The number of rotatable bonds is 10. The van der Waals surface area contributed by atoms with Gasteiger partial charge < -0.3 is 19.8 Å². The third-order valence-electron chi connectivity index (χ3n) is 5.22. The van der Waals surface area contributed by atoms with Crippen molar-refractivity contribution in [2.75, 3.05) is 19.4 Å². The second-order valence-electron chi connectivity index (χ2n) is 8.87. The lowest BCUT2D eigenvalue weighted by molar-refractivity contribution is -0.123. The number of imidazole rings is 1. The van der Waals surface area contributed by atoms with Crippen LogP contribution in [-0.4, -0.2) is 50.3 Å². The second-order valence-corrected chi connectivity index (χ2v) is 8.87. The van der Waals surface area contributed by atoms with Crippen LogP contribution in [0, 0.1) is 5.92 Å². The molecular formula is C25H32N6O3. The number of amides is 2. The molecule has 0 saturated carbocycles. The van der Waals surface area contributed by atoms with E-state index in [0.29, 0.717) is 24.6 Å². The van der Waals surface area contributed by atoms with Gasteiger partial charge in [0.2, 0.25) is 11.8 Å². The summed E-state index contributed by atoms with van der Waals surface area (Å²) in [5.74, 6) is 0.775. The van der Waals surface area contributed by atoms with Crippen molar-refractivity contribution in [1.82, 2.24) is 24.4 Å². The molecule has 0 aliphatic carbocycles. The summed E-state index contributed by atoms with van der Waals surface area (Å²) in [5.41, 5.74) is 2.58. The van der Waals surface area contributed by atoms with Crippen LogP contribution in [-0.2, 0) is 22.6 Å². The number of likely N-dealkylation sites (N-methyl/N-ethyl adjacent to an activating group) is 1. The topological polar surface area (TPSA) is 113 Å². The molecule has 180 valence electrons. The number of unbranched alkanes of at least 4 members (excludes halogenated alkanes) is 1. The van der Waals surface area contributed by atoms with Crippen molar-refractivity contribution < 1.29 is 9.59 Å². The molecule has 9 heteroatoms. The predicted molar refractivity (Wildman–Crippen MR) is 133 cm³/mol. The molecule has 0 bridgehead atoms. The number of allylic oxidation sites excluding steroid dienone is 1. The Morgan fingerprint density at radius 3 is 2.79 bits per heavy atom. The first kappa shape index (κ1) is 24.9. The fourth-order valence-electron chi connectivity index (χ4n) is 3.50. The summed E-state index contributed by atoms with van der Waals surface area (Å²) in [6.07, 6.45) is 8.94. The highest BCUT2D eigenvalue weighted by Gasteiger charge is 2.12. The smallest absolute Gasteiger partial charge is 0.274 e. The van der Waals surface area contributed by atoms with E-state index >= 15 is 0 Å². The normalized spacial score (nSPS) is 11.4.